The van der Waals surface area contributed by atoms with Crippen molar-refractivity contribution in [1.82, 2.24) is 15.1 Å². The molecule has 0 aliphatic rings. The summed E-state index contributed by atoms with van der Waals surface area (Å²) < 4.78 is 1.97. The van der Waals surface area contributed by atoms with Gasteiger partial charge in [0.05, 0.1) is 6.20 Å². The predicted molar refractivity (Wildman–Crippen MR) is 62.4 cm³/mol. The summed E-state index contributed by atoms with van der Waals surface area (Å²) in [5.41, 5.74) is 1.23. The van der Waals surface area contributed by atoms with Gasteiger partial charge >= 0.3 is 0 Å². The fraction of sp³-hybridized carbons (Fsp3) is 0.583. The van der Waals surface area contributed by atoms with Gasteiger partial charge in [-0.15, -0.1) is 12.3 Å². The van der Waals surface area contributed by atoms with E-state index in [1.807, 2.05) is 10.9 Å². The summed E-state index contributed by atoms with van der Waals surface area (Å²) in [7, 11) is 0. The van der Waals surface area contributed by atoms with Crippen LogP contribution < -0.4 is 5.32 Å². The van der Waals surface area contributed by atoms with Gasteiger partial charge in [0.2, 0.25) is 0 Å². The Morgan fingerprint density at radius 2 is 2.40 bits per heavy atom. The highest BCUT2D eigenvalue weighted by molar-refractivity contribution is 5.03. The minimum absolute atomic E-state index is 0.431. The Bertz CT molecular complexity index is 320. The quantitative estimate of drug-likeness (QED) is 0.568. The van der Waals surface area contributed by atoms with Crippen LogP contribution in [0.25, 0.3) is 0 Å². The topological polar surface area (TPSA) is 29.9 Å². The number of rotatable bonds is 6. The lowest BCUT2D eigenvalue weighted by atomic mass is 10.3. The number of hydrogen-bond donors (Lipinski definition) is 1. The lowest BCUT2D eigenvalue weighted by molar-refractivity contribution is 0.531. The van der Waals surface area contributed by atoms with E-state index in [1.165, 1.54) is 5.56 Å². The first-order chi connectivity index (χ1) is 7.24. The lowest BCUT2D eigenvalue weighted by Gasteiger charge is -2.03. The molecule has 0 atom stereocenters. The SMILES string of the molecule is C#CCCCNCc1cnn(C(C)C)c1. The molecule has 0 unspecified atom stereocenters. The molecule has 1 aromatic heterocycles. The van der Waals surface area contributed by atoms with Gasteiger partial charge in [-0.2, -0.15) is 5.10 Å². The van der Waals surface area contributed by atoms with Crippen molar-refractivity contribution in [2.45, 2.75) is 39.3 Å². The molecule has 0 saturated heterocycles. The van der Waals surface area contributed by atoms with Crippen molar-refractivity contribution in [3.05, 3.63) is 18.0 Å². The highest BCUT2D eigenvalue weighted by Gasteiger charge is 2.00. The smallest absolute Gasteiger partial charge is 0.0534 e. The first-order valence-electron chi connectivity index (χ1n) is 5.41. The van der Waals surface area contributed by atoms with Gasteiger partial charge in [-0.1, -0.05) is 0 Å². The third kappa shape index (κ3) is 4.18. The van der Waals surface area contributed by atoms with Crippen LogP contribution in [0, 0.1) is 12.3 Å². The van der Waals surface area contributed by atoms with E-state index in [2.05, 4.69) is 36.4 Å². The maximum atomic E-state index is 5.17. The van der Waals surface area contributed by atoms with E-state index in [0.717, 1.165) is 25.9 Å². The second kappa shape index (κ2) is 6.26. The molecular weight excluding hydrogens is 186 g/mol. The van der Waals surface area contributed by atoms with E-state index in [0.29, 0.717) is 6.04 Å². The molecule has 15 heavy (non-hydrogen) atoms. The molecule has 0 aliphatic carbocycles. The molecule has 0 spiro atoms. The second-order valence-electron chi connectivity index (χ2n) is 3.91. The van der Waals surface area contributed by atoms with Crippen LogP contribution in [0.4, 0.5) is 0 Å². The first kappa shape index (κ1) is 11.8. The van der Waals surface area contributed by atoms with Crippen LogP contribution in [0.5, 0.6) is 0 Å². The van der Waals surface area contributed by atoms with E-state index < -0.39 is 0 Å². The van der Waals surface area contributed by atoms with E-state index in [1.54, 1.807) is 0 Å². The van der Waals surface area contributed by atoms with E-state index in [-0.39, 0.29) is 0 Å². The second-order valence-corrected chi connectivity index (χ2v) is 3.91. The van der Waals surface area contributed by atoms with Gasteiger partial charge in [0.1, 0.15) is 0 Å². The molecule has 1 N–H and O–H groups in total. The molecule has 0 aliphatic heterocycles. The monoisotopic (exact) mass is 205 g/mol. The number of aromatic nitrogens is 2. The predicted octanol–water partition coefficient (Wildman–Crippen LogP) is 1.97. The van der Waals surface area contributed by atoms with Gasteiger partial charge in [-0.25, -0.2) is 0 Å². The number of hydrogen-bond acceptors (Lipinski definition) is 2. The maximum Gasteiger partial charge on any atom is 0.0534 e. The summed E-state index contributed by atoms with van der Waals surface area (Å²) in [5.74, 6) is 2.63. The van der Waals surface area contributed by atoms with E-state index in [9.17, 15) is 0 Å². The molecule has 0 fully saturated rings. The fourth-order valence-electron chi connectivity index (χ4n) is 1.30. The Morgan fingerprint density at radius 1 is 1.60 bits per heavy atom. The van der Waals surface area contributed by atoms with Crippen LogP contribution in [-0.4, -0.2) is 16.3 Å². The summed E-state index contributed by atoms with van der Waals surface area (Å²) in [6, 6.07) is 0.431. The Morgan fingerprint density at radius 3 is 3.00 bits per heavy atom. The molecule has 3 nitrogen and oxygen atoms in total. The Hall–Kier alpha value is -1.27. The molecule has 1 aromatic rings. The van der Waals surface area contributed by atoms with Crippen LogP contribution in [-0.2, 0) is 6.54 Å². The van der Waals surface area contributed by atoms with Crippen molar-refractivity contribution in [3.8, 4) is 12.3 Å². The molecule has 3 heteroatoms. The lowest BCUT2D eigenvalue weighted by Crippen LogP contribution is -2.14. The molecule has 0 radical (unpaired) electrons. The number of unbranched alkanes of at least 4 members (excludes halogenated alkanes) is 1. The minimum atomic E-state index is 0.431. The van der Waals surface area contributed by atoms with Crippen molar-refractivity contribution >= 4 is 0 Å². The van der Waals surface area contributed by atoms with Gasteiger partial charge in [0, 0.05) is 30.8 Å². The van der Waals surface area contributed by atoms with Crippen molar-refractivity contribution in [3.63, 3.8) is 0 Å². The Kier molecular flexibility index (Phi) is 4.92. The average Bonchev–Trinajstić information content (AvgIpc) is 2.66. The summed E-state index contributed by atoms with van der Waals surface area (Å²) >= 11 is 0. The number of terminal acetylenes is 1. The van der Waals surface area contributed by atoms with Crippen LogP contribution in [0.1, 0.15) is 38.3 Å². The molecule has 0 saturated carbocycles. The highest BCUT2D eigenvalue weighted by Crippen LogP contribution is 2.04. The van der Waals surface area contributed by atoms with E-state index in [4.69, 9.17) is 6.42 Å². The van der Waals surface area contributed by atoms with Crippen LogP contribution in [0.3, 0.4) is 0 Å². The van der Waals surface area contributed by atoms with Crippen molar-refractivity contribution in [2.75, 3.05) is 6.54 Å². The Labute approximate surface area is 91.9 Å². The van der Waals surface area contributed by atoms with Gasteiger partial charge in [-0.05, 0) is 26.8 Å². The third-order valence-corrected chi connectivity index (χ3v) is 2.19. The minimum Gasteiger partial charge on any atom is -0.313 e. The fourth-order valence-corrected chi connectivity index (χ4v) is 1.30. The summed E-state index contributed by atoms with van der Waals surface area (Å²) in [6.45, 7) is 6.09. The van der Waals surface area contributed by atoms with Crippen molar-refractivity contribution in [2.24, 2.45) is 0 Å². The standard InChI is InChI=1S/C12H19N3/c1-4-5-6-7-13-8-12-9-14-15(10-12)11(2)3/h1,9-11,13H,5-8H2,2-3H3. The van der Waals surface area contributed by atoms with Gasteiger partial charge in [0.25, 0.3) is 0 Å². The van der Waals surface area contributed by atoms with Crippen molar-refractivity contribution in [1.29, 1.82) is 0 Å². The van der Waals surface area contributed by atoms with Crippen LogP contribution in [0.2, 0.25) is 0 Å². The van der Waals surface area contributed by atoms with Crippen LogP contribution in [0.15, 0.2) is 12.4 Å². The third-order valence-electron chi connectivity index (χ3n) is 2.19. The molecule has 82 valence electrons. The van der Waals surface area contributed by atoms with Gasteiger partial charge in [-0.3, -0.25) is 4.68 Å². The first-order valence-corrected chi connectivity index (χ1v) is 5.41. The van der Waals surface area contributed by atoms with E-state index >= 15 is 0 Å². The summed E-state index contributed by atoms with van der Waals surface area (Å²) in [6.07, 6.45) is 11.0. The molecule has 0 aromatic carbocycles. The molecule has 1 heterocycles. The molecule has 0 bridgehead atoms. The largest absolute Gasteiger partial charge is 0.313 e. The van der Waals surface area contributed by atoms with Gasteiger partial charge < -0.3 is 5.32 Å². The van der Waals surface area contributed by atoms with Crippen LogP contribution >= 0.6 is 0 Å². The zero-order valence-electron chi connectivity index (χ0n) is 9.53. The normalized spacial score (nSPS) is 10.5. The zero-order valence-corrected chi connectivity index (χ0v) is 9.53. The molecule has 1 rings (SSSR count). The van der Waals surface area contributed by atoms with Crippen molar-refractivity contribution < 1.29 is 0 Å². The maximum absolute atomic E-state index is 5.17. The molecule has 0 amide bonds. The Balaban J connectivity index is 2.23. The highest BCUT2D eigenvalue weighted by atomic mass is 15.3. The number of nitrogens with zero attached hydrogens (tertiary/aromatic N) is 2. The molecular formula is C12H19N3. The summed E-state index contributed by atoms with van der Waals surface area (Å²) in [5, 5.41) is 7.61. The summed E-state index contributed by atoms with van der Waals surface area (Å²) in [4.78, 5) is 0. The average molecular weight is 205 g/mol. The van der Waals surface area contributed by atoms with Gasteiger partial charge in [0.15, 0.2) is 0 Å². The number of nitrogens with one attached hydrogen (secondary N) is 1. The zero-order chi connectivity index (χ0) is 11.1.